The van der Waals surface area contributed by atoms with Gasteiger partial charge in [-0.2, -0.15) is 0 Å². The SMILES string of the molecule is CCCNCC/C=C(\C)CCCNCCCNC. The zero-order valence-electron chi connectivity index (χ0n) is 12.6. The average Bonchev–Trinajstić information content (AvgIpc) is 2.37. The maximum absolute atomic E-state index is 3.48. The van der Waals surface area contributed by atoms with Gasteiger partial charge in [-0.1, -0.05) is 18.6 Å². The second-order valence-corrected chi connectivity index (χ2v) is 4.90. The Hall–Kier alpha value is -0.380. The monoisotopic (exact) mass is 255 g/mol. The van der Waals surface area contributed by atoms with Crippen molar-refractivity contribution in [1.29, 1.82) is 0 Å². The molecule has 0 rings (SSSR count). The molecule has 3 N–H and O–H groups in total. The van der Waals surface area contributed by atoms with E-state index in [-0.39, 0.29) is 0 Å². The fourth-order valence-electron chi connectivity index (χ4n) is 1.83. The van der Waals surface area contributed by atoms with Crippen LogP contribution in [0.4, 0.5) is 0 Å². The summed E-state index contributed by atoms with van der Waals surface area (Å²) in [6.07, 6.45) is 8.47. The van der Waals surface area contributed by atoms with Gasteiger partial charge in [0, 0.05) is 0 Å². The van der Waals surface area contributed by atoms with E-state index in [1.54, 1.807) is 0 Å². The molecule has 0 saturated heterocycles. The quantitative estimate of drug-likeness (QED) is 0.349. The first kappa shape index (κ1) is 17.6. The minimum absolute atomic E-state index is 1.11. The third-order valence-corrected chi connectivity index (χ3v) is 2.95. The van der Waals surface area contributed by atoms with Crippen LogP contribution in [-0.2, 0) is 0 Å². The van der Waals surface area contributed by atoms with E-state index in [1.165, 1.54) is 37.7 Å². The molecule has 0 unspecified atom stereocenters. The minimum Gasteiger partial charge on any atom is -0.320 e. The highest BCUT2D eigenvalue weighted by molar-refractivity contribution is 4.97. The van der Waals surface area contributed by atoms with Crippen molar-refractivity contribution in [2.45, 2.75) is 46.0 Å². The lowest BCUT2D eigenvalue weighted by molar-refractivity contribution is 0.604. The van der Waals surface area contributed by atoms with Crippen LogP contribution >= 0.6 is 0 Å². The number of hydrogen-bond donors (Lipinski definition) is 3. The van der Waals surface area contributed by atoms with E-state index in [0.29, 0.717) is 0 Å². The Kier molecular flexibility index (Phi) is 14.4. The zero-order valence-corrected chi connectivity index (χ0v) is 12.6. The van der Waals surface area contributed by atoms with E-state index in [0.717, 1.165) is 32.7 Å². The van der Waals surface area contributed by atoms with Crippen LogP contribution in [-0.4, -0.2) is 39.8 Å². The fourth-order valence-corrected chi connectivity index (χ4v) is 1.83. The molecule has 0 saturated carbocycles. The molecule has 0 aliphatic heterocycles. The van der Waals surface area contributed by atoms with E-state index in [9.17, 15) is 0 Å². The Bertz CT molecular complexity index is 190. The molecule has 0 amide bonds. The second-order valence-electron chi connectivity index (χ2n) is 4.90. The van der Waals surface area contributed by atoms with Gasteiger partial charge in [0.15, 0.2) is 0 Å². The van der Waals surface area contributed by atoms with Crippen LogP contribution in [0.3, 0.4) is 0 Å². The van der Waals surface area contributed by atoms with Crippen molar-refractivity contribution in [3.8, 4) is 0 Å². The van der Waals surface area contributed by atoms with Crippen LogP contribution in [0.25, 0.3) is 0 Å². The molecule has 0 fully saturated rings. The molecule has 0 aromatic carbocycles. The van der Waals surface area contributed by atoms with Crippen molar-refractivity contribution < 1.29 is 0 Å². The summed E-state index contributed by atoms with van der Waals surface area (Å²) in [5.41, 5.74) is 1.53. The predicted molar refractivity (Wildman–Crippen MR) is 82.2 cm³/mol. The zero-order chi connectivity index (χ0) is 13.5. The second kappa shape index (κ2) is 14.7. The summed E-state index contributed by atoms with van der Waals surface area (Å²) >= 11 is 0. The van der Waals surface area contributed by atoms with E-state index in [4.69, 9.17) is 0 Å². The summed E-state index contributed by atoms with van der Waals surface area (Å²) in [6, 6.07) is 0. The van der Waals surface area contributed by atoms with Crippen LogP contribution in [0, 0.1) is 0 Å². The van der Waals surface area contributed by atoms with Crippen LogP contribution in [0.2, 0.25) is 0 Å². The molecule has 3 nitrogen and oxygen atoms in total. The third-order valence-electron chi connectivity index (χ3n) is 2.95. The van der Waals surface area contributed by atoms with Crippen LogP contribution in [0.15, 0.2) is 11.6 Å². The van der Waals surface area contributed by atoms with Crippen molar-refractivity contribution in [3.63, 3.8) is 0 Å². The maximum atomic E-state index is 3.48. The van der Waals surface area contributed by atoms with Crippen LogP contribution < -0.4 is 16.0 Å². The minimum atomic E-state index is 1.11. The van der Waals surface area contributed by atoms with E-state index < -0.39 is 0 Å². The fraction of sp³-hybridized carbons (Fsp3) is 0.867. The molecule has 0 aliphatic carbocycles. The van der Waals surface area contributed by atoms with E-state index in [1.807, 2.05) is 7.05 Å². The summed E-state index contributed by atoms with van der Waals surface area (Å²) in [5, 5.41) is 10.1. The Morgan fingerprint density at radius 2 is 1.67 bits per heavy atom. The smallest absolute Gasteiger partial charge is 0.00142 e. The molecule has 0 aromatic rings. The lowest BCUT2D eigenvalue weighted by Crippen LogP contribution is -2.20. The molecule has 0 aliphatic rings. The summed E-state index contributed by atoms with van der Waals surface area (Å²) < 4.78 is 0. The standard InChI is InChI=1S/C15H33N3/c1-4-10-17-12-5-8-15(2)9-6-13-18-14-7-11-16-3/h8,16-18H,4-7,9-14H2,1-3H3/b15-8+. The lowest BCUT2D eigenvalue weighted by Gasteiger charge is -2.05. The molecule has 0 atom stereocenters. The summed E-state index contributed by atoms with van der Waals surface area (Å²) in [5.74, 6) is 0. The molecular weight excluding hydrogens is 222 g/mol. The Morgan fingerprint density at radius 3 is 2.39 bits per heavy atom. The number of allylic oxidation sites excluding steroid dienone is 1. The summed E-state index contributed by atoms with van der Waals surface area (Å²) in [7, 11) is 2.00. The average molecular weight is 255 g/mol. The van der Waals surface area contributed by atoms with Gasteiger partial charge in [0.25, 0.3) is 0 Å². The van der Waals surface area contributed by atoms with Gasteiger partial charge >= 0.3 is 0 Å². The lowest BCUT2D eigenvalue weighted by atomic mass is 10.1. The van der Waals surface area contributed by atoms with Gasteiger partial charge in [-0.25, -0.2) is 0 Å². The van der Waals surface area contributed by atoms with Crippen molar-refractivity contribution >= 4 is 0 Å². The Labute approximate surface area is 114 Å². The highest BCUT2D eigenvalue weighted by Crippen LogP contribution is 2.03. The van der Waals surface area contributed by atoms with Crippen molar-refractivity contribution in [1.82, 2.24) is 16.0 Å². The Morgan fingerprint density at radius 1 is 0.944 bits per heavy atom. The number of rotatable bonds is 13. The first-order chi connectivity index (χ1) is 8.81. The molecular formula is C15H33N3. The highest BCUT2D eigenvalue weighted by atomic mass is 14.9. The molecule has 18 heavy (non-hydrogen) atoms. The molecule has 3 heteroatoms. The van der Waals surface area contributed by atoms with Gasteiger partial charge in [0.2, 0.25) is 0 Å². The molecule has 0 aromatic heterocycles. The van der Waals surface area contributed by atoms with Gasteiger partial charge in [-0.3, -0.25) is 0 Å². The number of nitrogens with one attached hydrogen (secondary N) is 3. The topological polar surface area (TPSA) is 36.1 Å². The van der Waals surface area contributed by atoms with Crippen LogP contribution in [0.1, 0.15) is 46.0 Å². The third kappa shape index (κ3) is 13.7. The number of hydrogen-bond acceptors (Lipinski definition) is 3. The predicted octanol–water partition coefficient (Wildman–Crippen LogP) is 2.30. The summed E-state index contributed by atoms with van der Waals surface area (Å²) in [6.45, 7) is 10.1. The molecule has 0 spiro atoms. The van der Waals surface area contributed by atoms with Crippen LogP contribution in [0.5, 0.6) is 0 Å². The van der Waals surface area contributed by atoms with Gasteiger partial charge in [0.05, 0.1) is 0 Å². The van der Waals surface area contributed by atoms with Gasteiger partial charge in [0.1, 0.15) is 0 Å². The summed E-state index contributed by atoms with van der Waals surface area (Å²) in [4.78, 5) is 0. The molecule has 0 heterocycles. The largest absolute Gasteiger partial charge is 0.320 e. The van der Waals surface area contributed by atoms with Gasteiger partial charge in [-0.15, -0.1) is 0 Å². The van der Waals surface area contributed by atoms with E-state index in [2.05, 4.69) is 35.9 Å². The molecule has 0 radical (unpaired) electrons. The first-order valence-corrected chi connectivity index (χ1v) is 7.53. The molecule has 0 bridgehead atoms. The van der Waals surface area contributed by atoms with Gasteiger partial charge < -0.3 is 16.0 Å². The van der Waals surface area contributed by atoms with Crippen molar-refractivity contribution in [2.75, 3.05) is 39.8 Å². The first-order valence-electron chi connectivity index (χ1n) is 7.53. The van der Waals surface area contributed by atoms with E-state index >= 15 is 0 Å². The maximum Gasteiger partial charge on any atom is -0.00142 e. The van der Waals surface area contributed by atoms with Crippen molar-refractivity contribution in [3.05, 3.63) is 11.6 Å². The Balaban J connectivity index is 3.24. The molecule has 108 valence electrons. The normalized spacial score (nSPS) is 12.1. The van der Waals surface area contributed by atoms with Gasteiger partial charge in [-0.05, 0) is 78.8 Å². The van der Waals surface area contributed by atoms with Crippen molar-refractivity contribution in [2.24, 2.45) is 0 Å². The highest BCUT2D eigenvalue weighted by Gasteiger charge is 1.92.